The first kappa shape index (κ1) is 19.5. The summed E-state index contributed by atoms with van der Waals surface area (Å²) >= 11 is 1.45. The van der Waals surface area contributed by atoms with Gasteiger partial charge in [-0.2, -0.15) is 0 Å². The largest absolute Gasteiger partial charge is 0.367 e. The maximum Gasteiger partial charge on any atom is 0.273 e. The van der Waals surface area contributed by atoms with Crippen LogP contribution in [0.5, 0.6) is 0 Å². The Kier molecular flexibility index (Phi) is 5.03. The van der Waals surface area contributed by atoms with Gasteiger partial charge in [0.15, 0.2) is 0 Å². The Morgan fingerprint density at radius 2 is 1.84 bits per heavy atom. The molecule has 4 aromatic heterocycles. The second-order valence-corrected chi connectivity index (χ2v) is 8.73. The number of hydrogen-bond acceptors (Lipinski definition) is 7. The Morgan fingerprint density at radius 3 is 2.58 bits per heavy atom. The normalized spacial score (nSPS) is 18.4. The van der Waals surface area contributed by atoms with Crippen molar-refractivity contribution in [3.8, 4) is 5.69 Å². The molecule has 8 nitrogen and oxygen atoms in total. The molecule has 0 amide bonds. The predicted molar refractivity (Wildman–Crippen MR) is 123 cm³/mol. The molecule has 0 aromatic carbocycles. The van der Waals surface area contributed by atoms with Crippen LogP contribution in [0.4, 0.5) is 11.6 Å². The Morgan fingerprint density at radius 1 is 1.03 bits per heavy atom. The number of anilines is 2. The molecule has 4 heterocycles. The minimum Gasteiger partial charge on any atom is -0.367 e. The third-order valence-corrected chi connectivity index (χ3v) is 6.57. The molecule has 2 N–H and O–H groups in total. The summed E-state index contributed by atoms with van der Waals surface area (Å²) in [6.45, 7) is 0. The number of hydrogen-bond donors (Lipinski definition) is 2. The first-order valence-corrected chi connectivity index (χ1v) is 11.1. The molecule has 9 heteroatoms. The molecule has 1 saturated carbocycles. The Balaban J connectivity index is 1.24. The quantitative estimate of drug-likeness (QED) is 0.502. The van der Waals surface area contributed by atoms with E-state index in [9.17, 15) is 9.59 Å². The van der Waals surface area contributed by atoms with Crippen LogP contribution >= 0.6 is 11.3 Å². The van der Waals surface area contributed by atoms with Gasteiger partial charge in [-0.1, -0.05) is 0 Å². The molecule has 0 aliphatic heterocycles. The van der Waals surface area contributed by atoms with E-state index in [1.54, 1.807) is 24.0 Å². The average Bonchev–Trinajstić information content (AvgIpc) is 3.42. The molecular formula is C22H22N6O2S. The highest BCUT2D eigenvalue weighted by atomic mass is 32.1. The van der Waals surface area contributed by atoms with Gasteiger partial charge in [-0.15, -0.1) is 11.3 Å². The molecular weight excluding hydrogens is 412 g/mol. The van der Waals surface area contributed by atoms with Crippen molar-refractivity contribution in [3.63, 3.8) is 0 Å². The summed E-state index contributed by atoms with van der Waals surface area (Å²) in [5.41, 5.74) is 0.643. The summed E-state index contributed by atoms with van der Waals surface area (Å²) < 4.78 is 3.83. The van der Waals surface area contributed by atoms with Crippen LogP contribution in [0.15, 0.2) is 64.0 Å². The SMILES string of the molecule is Cn1cnc(N[C@H]2CC[C@H](Nc3ccc(-n4ccc5ccsc5c4=O)cn3)C2)cc1=O. The zero-order chi connectivity index (χ0) is 21.4. The predicted octanol–water partition coefficient (Wildman–Crippen LogP) is 2.99. The highest BCUT2D eigenvalue weighted by Crippen LogP contribution is 2.25. The highest BCUT2D eigenvalue weighted by Gasteiger charge is 2.25. The molecule has 0 radical (unpaired) electrons. The fraction of sp³-hybridized carbons (Fsp3) is 0.273. The van der Waals surface area contributed by atoms with Crippen molar-refractivity contribution in [1.82, 2.24) is 19.1 Å². The molecule has 1 aliphatic carbocycles. The summed E-state index contributed by atoms with van der Waals surface area (Å²) in [7, 11) is 1.68. The molecule has 0 saturated heterocycles. The van der Waals surface area contributed by atoms with Crippen LogP contribution in [0.25, 0.3) is 15.8 Å². The monoisotopic (exact) mass is 434 g/mol. The molecule has 0 unspecified atom stereocenters. The third kappa shape index (κ3) is 3.96. The van der Waals surface area contributed by atoms with Crippen LogP contribution in [-0.2, 0) is 7.05 Å². The van der Waals surface area contributed by atoms with Gasteiger partial charge in [0.1, 0.15) is 16.3 Å². The maximum absolute atomic E-state index is 12.7. The smallest absolute Gasteiger partial charge is 0.273 e. The van der Waals surface area contributed by atoms with E-state index >= 15 is 0 Å². The number of thiophene rings is 1. The summed E-state index contributed by atoms with van der Waals surface area (Å²) in [4.78, 5) is 33.2. The van der Waals surface area contributed by atoms with E-state index in [2.05, 4.69) is 20.6 Å². The van der Waals surface area contributed by atoms with Crippen molar-refractivity contribution in [2.45, 2.75) is 31.3 Å². The van der Waals surface area contributed by atoms with Crippen molar-refractivity contribution in [2.75, 3.05) is 10.6 Å². The van der Waals surface area contributed by atoms with E-state index in [1.807, 2.05) is 29.6 Å². The molecule has 1 fully saturated rings. The van der Waals surface area contributed by atoms with Gasteiger partial charge in [-0.25, -0.2) is 9.97 Å². The number of pyridine rings is 2. The van der Waals surface area contributed by atoms with Crippen molar-refractivity contribution < 1.29 is 0 Å². The molecule has 2 atom stereocenters. The molecule has 1 aliphatic rings. The topological polar surface area (TPSA) is 93.8 Å². The molecule has 5 rings (SSSR count). The fourth-order valence-electron chi connectivity index (χ4n) is 3.98. The van der Waals surface area contributed by atoms with Crippen LogP contribution in [-0.4, -0.2) is 31.2 Å². The molecule has 31 heavy (non-hydrogen) atoms. The lowest BCUT2D eigenvalue weighted by molar-refractivity contribution is 0.717. The molecule has 4 aromatic rings. The number of fused-ring (bicyclic) bond motifs is 1. The number of aromatic nitrogens is 4. The van der Waals surface area contributed by atoms with Crippen LogP contribution in [0, 0.1) is 0 Å². The van der Waals surface area contributed by atoms with Crippen LogP contribution in [0.2, 0.25) is 0 Å². The van der Waals surface area contributed by atoms with Crippen LogP contribution in [0.1, 0.15) is 19.3 Å². The van der Waals surface area contributed by atoms with E-state index in [0.29, 0.717) is 5.82 Å². The zero-order valence-corrected chi connectivity index (χ0v) is 17.8. The first-order valence-electron chi connectivity index (χ1n) is 10.2. The second kappa shape index (κ2) is 7.99. The maximum atomic E-state index is 12.7. The lowest BCUT2D eigenvalue weighted by Gasteiger charge is -2.16. The summed E-state index contributed by atoms with van der Waals surface area (Å²) in [6, 6.07) is 9.78. The zero-order valence-electron chi connectivity index (χ0n) is 17.0. The minimum atomic E-state index is -0.0770. The summed E-state index contributed by atoms with van der Waals surface area (Å²) in [6.07, 6.45) is 7.94. The van der Waals surface area contributed by atoms with Crippen molar-refractivity contribution in [1.29, 1.82) is 0 Å². The van der Waals surface area contributed by atoms with E-state index < -0.39 is 0 Å². The van der Waals surface area contributed by atoms with Gasteiger partial charge in [-0.05, 0) is 54.3 Å². The van der Waals surface area contributed by atoms with Gasteiger partial charge >= 0.3 is 0 Å². The van der Waals surface area contributed by atoms with E-state index in [0.717, 1.165) is 40.9 Å². The fourth-order valence-corrected chi connectivity index (χ4v) is 4.80. The first-order chi connectivity index (χ1) is 15.1. The van der Waals surface area contributed by atoms with Crippen LogP contribution in [0.3, 0.4) is 0 Å². The van der Waals surface area contributed by atoms with Crippen LogP contribution < -0.4 is 21.8 Å². The third-order valence-electron chi connectivity index (χ3n) is 5.65. The lowest BCUT2D eigenvalue weighted by atomic mass is 10.2. The van der Waals surface area contributed by atoms with E-state index in [4.69, 9.17) is 0 Å². The summed E-state index contributed by atoms with van der Waals surface area (Å²) in [5.74, 6) is 1.40. The van der Waals surface area contributed by atoms with Gasteiger partial charge in [0.2, 0.25) is 0 Å². The van der Waals surface area contributed by atoms with E-state index in [1.165, 1.54) is 28.3 Å². The van der Waals surface area contributed by atoms with Crippen molar-refractivity contribution >= 4 is 33.1 Å². The van der Waals surface area contributed by atoms with E-state index in [-0.39, 0.29) is 23.2 Å². The van der Waals surface area contributed by atoms with Gasteiger partial charge in [0.25, 0.3) is 11.1 Å². The lowest BCUT2D eigenvalue weighted by Crippen LogP contribution is -2.23. The molecule has 0 spiro atoms. The van der Waals surface area contributed by atoms with Crippen molar-refractivity contribution in [2.24, 2.45) is 7.05 Å². The number of nitrogens with zero attached hydrogens (tertiary/aromatic N) is 4. The Hall–Kier alpha value is -3.46. The Bertz CT molecular complexity index is 1340. The molecule has 158 valence electrons. The molecule has 0 bridgehead atoms. The van der Waals surface area contributed by atoms with Gasteiger partial charge in [0.05, 0.1) is 18.2 Å². The van der Waals surface area contributed by atoms with Gasteiger partial charge in [-0.3, -0.25) is 14.2 Å². The summed E-state index contributed by atoms with van der Waals surface area (Å²) in [5, 5.41) is 9.72. The van der Waals surface area contributed by atoms with Gasteiger partial charge < -0.3 is 15.2 Å². The Labute approximate surface area is 182 Å². The number of rotatable bonds is 5. The number of nitrogens with one attached hydrogen (secondary N) is 2. The second-order valence-electron chi connectivity index (χ2n) is 7.82. The highest BCUT2D eigenvalue weighted by molar-refractivity contribution is 7.17. The standard InChI is InChI=1S/C22H22N6O2S/c1-27-13-24-19(11-20(27)29)26-16-3-2-15(10-16)25-18-5-4-17(12-23-18)28-8-6-14-7-9-31-21(14)22(28)30/h4-9,11-13,15-16,26H,2-3,10H2,1H3,(H,23,25)/t15-,16-/m0/s1. The number of aryl methyl sites for hydroxylation is 1. The van der Waals surface area contributed by atoms with Gasteiger partial charge in [0, 0.05) is 31.4 Å². The minimum absolute atomic E-state index is 0.0240. The van der Waals surface area contributed by atoms with Crippen molar-refractivity contribution in [3.05, 3.63) is 75.1 Å². The average molecular weight is 435 g/mol.